The number of halogens is 2. The first kappa shape index (κ1) is 18.5. The molecular weight excluding hydrogens is 335 g/mol. The monoisotopic (exact) mass is 354 g/mol. The highest BCUT2D eigenvalue weighted by Gasteiger charge is 2.31. The molecule has 1 aromatic rings. The van der Waals surface area contributed by atoms with Gasteiger partial charge in [0.2, 0.25) is 10.0 Å². The van der Waals surface area contributed by atoms with Gasteiger partial charge in [0.15, 0.2) is 0 Å². The van der Waals surface area contributed by atoms with Gasteiger partial charge in [0.25, 0.3) is 0 Å². The lowest BCUT2D eigenvalue weighted by atomic mass is 10.2. The molecule has 1 heterocycles. The molecule has 21 heavy (non-hydrogen) atoms. The van der Waals surface area contributed by atoms with Gasteiger partial charge >= 0.3 is 0 Å². The van der Waals surface area contributed by atoms with E-state index in [4.69, 9.17) is 16.3 Å². The number of hydrogen-bond acceptors (Lipinski definition) is 4. The second-order valence-electron chi connectivity index (χ2n) is 5.09. The Morgan fingerprint density at radius 3 is 2.33 bits per heavy atom. The van der Waals surface area contributed by atoms with Crippen LogP contribution in [-0.2, 0) is 10.0 Å². The van der Waals surface area contributed by atoms with Crippen molar-refractivity contribution in [1.29, 1.82) is 0 Å². The van der Waals surface area contributed by atoms with Crippen molar-refractivity contribution in [2.24, 2.45) is 0 Å². The van der Waals surface area contributed by atoms with Crippen LogP contribution in [0.25, 0.3) is 0 Å². The molecule has 1 aromatic carbocycles. The molecule has 0 bridgehead atoms. The topological polar surface area (TPSA) is 58.6 Å². The van der Waals surface area contributed by atoms with Crippen molar-refractivity contribution in [2.75, 3.05) is 20.2 Å². The molecule has 0 aliphatic carbocycles. The van der Waals surface area contributed by atoms with E-state index in [-0.39, 0.29) is 29.4 Å². The van der Waals surface area contributed by atoms with Gasteiger partial charge in [-0.2, -0.15) is 4.31 Å². The highest BCUT2D eigenvalue weighted by Crippen LogP contribution is 2.28. The van der Waals surface area contributed by atoms with E-state index < -0.39 is 10.0 Å². The zero-order chi connectivity index (χ0) is 14.9. The predicted octanol–water partition coefficient (Wildman–Crippen LogP) is 2.14. The predicted molar refractivity (Wildman–Crippen MR) is 86.1 cm³/mol. The number of sulfonamides is 1. The molecule has 0 radical (unpaired) electrons. The average Bonchev–Trinajstić information content (AvgIpc) is 2.37. The van der Waals surface area contributed by atoms with E-state index in [1.54, 1.807) is 6.07 Å². The Kier molecular flexibility index (Phi) is 6.31. The first-order valence-electron chi connectivity index (χ1n) is 6.44. The maximum absolute atomic E-state index is 12.6. The summed E-state index contributed by atoms with van der Waals surface area (Å²) in [6.07, 6.45) is 0. The van der Waals surface area contributed by atoms with Crippen molar-refractivity contribution < 1.29 is 13.2 Å². The van der Waals surface area contributed by atoms with E-state index in [9.17, 15) is 8.42 Å². The SMILES string of the molecule is COc1ccc(S(=O)(=O)N2CC(C)NC(C)C2)cc1Cl.Cl. The van der Waals surface area contributed by atoms with E-state index in [0.29, 0.717) is 23.9 Å². The van der Waals surface area contributed by atoms with Gasteiger partial charge in [-0.15, -0.1) is 12.4 Å². The van der Waals surface area contributed by atoms with Gasteiger partial charge in [-0.05, 0) is 32.0 Å². The van der Waals surface area contributed by atoms with Gasteiger partial charge in [0, 0.05) is 25.2 Å². The van der Waals surface area contributed by atoms with Crippen molar-refractivity contribution in [1.82, 2.24) is 9.62 Å². The van der Waals surface area contributed by atoms with E-state index >= 15 is 0 Å². The number of hydrogen-bond donors (Lipinski definition) is 1. The molecular formula is C13H20Cl2N2O3S. The fraction of sp³-hybridized carbons (Fsp3) is 0.538. The van der Waals surface area contributed by atoms with Crippen molar-refractivity contribution >= 4 is 34.0 Å². The minimum absolute atomic E-state index is 0. The number of piperazine rings is 1. The molecule has 2 atom stereocenters. The molecule has 1 aliphatic heterocycles. The first-order chi connectivity index (χ1) is 9.34. The fourth-order valence-corrected chi connectivity index (χ4v) is 4.40. The van der Waals surface area contributed by atoms with Crippen LogP contribution in [0.2, 0.25) is 5.02 Å². The van der Waals surface area contributed by atoms with Crippen LogP contribution in [0.3, 0.4) is 0 Å². The van der Waals surface area contributed by atoms with Gasteiger partial charge in [-0.25, -0.2) is 8.42 Å². The van der Waals surface area contributed by atoms with Gasteiger partial charge in [0.05, 0.1) is 17.0 Å². The first-order valence-corrected chi connectivity index (χ1v) is 8.26. The van der Waals surface area contributed by atoms with Gasteiger partial charge in [-0.1, -0.05) is 11.6 Å². The standard InChI is InChI=1S/C13H19ClN2O3S.ClH/c1-9-7-16(8-10(2)15-9)20(17,18)11-4-5-13(19-3)12(14)6-11;/h4-6,9-10,15H,7-8H2,1-3H3;1H. The summed E-state index contributed by atoms with van der Waals surface area (Å²) >= 11 is 6.01. The average molecular weight is 355 g/mol. The van der Waals surface area contributed by atoms with Crippen molar-refractivity contribution in [3.05, 3.63) is 23.2 Å². The summed E-state index contributed by atoms with van der Waals surface area (Å²) in [5.74, 6) is 0.465. The molecule has 0 spiro atoms. The van der Waals surface area contributed by atoms with Gasteiger partial charge in [-0.3, -0.25) is 0 Å². The summed E-state index contributed by atoms with van der Waals surface area (Å²) in [5, 5.41) is 3.61. The van der Waals surface area contributed by atoms with Crippen LogP contribution in [0.1, 0.15) is 13.8 Å². The molecule has 1 N–H and O–H groups in total. The van der Waals surface area contributed by atoms with Crippen LogP contribution in [-0.4, -0.2) is 45.0 Å². The van der Waals surface area contributed by atoms with Crippen LogP contribution in [0.15, 0.2) is 23.1 Å². The Balaban J connectivity index is 0.00000220. The molecule has 2 unspecified atom stereocenters. The number of nitrogens with zero attached hydrogens (tertiary/aromatic N) is 1. The normalized spacial score (nSPS) is 23.4. The molecule has 0 saturated carbocycles. The van der Waals surface area contributed by atoms with Crippen LogP contribution in [0.5, 0.6) is 5.75 Å². The highest BCUT2D eigenvalue weighted by atomic mass is 35.5. The molecule has 1 fully saturated rings. The zero-order valence-corrected chi connectivity index (χ0v) is 14.6. The lowest BCUT2D eigenvalue weighted by Crippen LogP contribution is -2.55. The van der Waals surface area contributed by atoms with E-state index in [1.807, 2.05) is 13.8 Å². The van der Waals surface area contributed by atoms with Gasteiger partial charge in [0.1, 0.15) is 5.75 Å². The summed E-state index contributed by atoms with van der Waals surface area (Å²) in [6.45, 7) is 4.85. The fourth-order valence-electron chi connectivity index (χ4n) is 2.43. The van der Waals surface area contributed by atoms with Crippen LogP contribution < -0.4 is 10.1 Å². The van der Waals surface area contributed by atoms with Crippen molar-refractivity contribution in [2.45, 2.75) is 30.8 Å². The Labute approximate surface area is 137 Å². The molecule has 1 aliphatic rings. The van der Waals surface area contributed by atoms with E-state index in [0.717, 1.165) is 0 Å². The third kappa shape index (κ3) is 4.02. The summed E-state index contributed by atoms with van der Waals surface area (Å²) in [5.41, 5.74) is 0. The Bertz CT molecular complexity index is 585. The van der Waals surface area contributed by atoms with Gasteiger partial charge < -0.3 is 10.1 Å². The maximum Gasteiger partial charge on any atom is 0.243 e. The summed E-state index contributed by atoms with van der Waals surface area (Å²) in [4.78, 5) is 0.199. The van der Waals surface area contributed by atoms with Crippen LogP contribution >= 0.6 is 24.0 Å². The number of nitrogens with one attached hydrogen (secondary N) is 1. The number of benzene rings is 1. The lowest BCUT2D eigenvalue weighted by molar-refractivity contribution is 0.263. The summed E-state index contributed by atoms with van der Waals surface area (Å²) in [6, 6.07) is 4.79. The van der Waals surface area contributed by atoms with Crippen molar-refractivity contribution in [3.8, 4) is 5.75 Å². The molecule has 8 heteroatoms. The Morgan fingerprint density at radius 2 is 1.86 bits per heavy atom. The second kappa shape index (κ2) is 7.15. The minimum atomic E-state index is -3.52. The molecule has 0 aromatic heterocycles. The third-order valence-electron chi connectivity index (χ3n) is 3.29. The molecule has 120 valence electrons. The van der Waals surface area contributed by atoms with E-state index in [2.05, 4.69) is 5.32 Å². The molecule has 5 nitrogen and oxygen atoms in total. The third-order valence-corrected chi connectivity index (χ3v) is 5.41. The van der Waals surface area contributed by atoms with Crippen LogP contribution in [0.4, 0.5) is 0 Å². The minimum Gasteiger partial charge on any atom is -0.495 e. The number of ether oxygens (including phenoxy) is 1. The summed E-state index contributed by atoms with van der Waals surface area (Å²) in [7, 11) is -2.03. The quantitative estimate of drug-likeness (QED) is 0.903. The number of methoxy groups -OCH3 is 1. The summed E-state index contributed by atoms with van der Waals surface area (Å²) < 4.78 is 31.8. The van der Waals surface area contributed by atoms with E-state index in [1.165, 1.54) is 23.5 Å². The molecule has 1 saturated heterocycles. The largest absolute Gasteiger partial charge is 0.495 e. The Hall–Kier alpha value is -0.530. The van der Waals surface area contributed by atoms with Crippen LogP contribution in [0, 0.1) is 0 Å². The lowest BCUT2D eigenvalue weighted by Gasteiger charge is -2.35. The molecule has 0 amide bonds. The smallest absolute Gasteiger partial charge is 0.243 e. The maximum atomic E-state index is 12.6. The second-order valence-corrected chi connectivity index (χ2v) is 7.43. The number of rotatable bonds is 3. The Morgan fingerprint density at radius 1 is 1.29 bits per heavy atom. The highest BCUT2D eigenvalue weighted by molar-refractivity contribution is 7.89. The molecule has 2 rings (SSSR count). The van der Waals surface area contributed by atoms with Crippen molar-refractivity contribution in [3.63, 3.8) is 0 Å². The zero-order valence-electron chi connectivity index (χ0n) is 12.2.